The Morgan fingerprint density at radius 1 is 1.35 bits per heavy atom. The number of unbranched alkanes of at least 4 members (excludes halogenated alkanes) is 2. The zero-order valence-electron chi connectivity index (χ0n) is 12.3. The maximum Gasteiger partial charge on any atom is 0.265 e. The van der Waals surface area contributed by atoms with Gasteiger partial charge in [-0.3, -0.25) is 4.79 Å². The van der Waals surface area contributed by atoms with Gasteiger partial charge in [-0.15, -0.1) is 0 Å². The van der Waals surface area contributed by atoms with Gasteiger partial charge in [-0.2, -0.15) is 0 Å². The van der Waals surface area contributed by atoms with E-state index in [-0.39, 0.29) is 23.9 Å². The molecular formula is C13H24N4O2S. The van der Waals surface area contributed by atoms with Crippen LogP contribution in [0.1, 0.15) is 49.7 Å². The van der Waals surface area contributed by atoms with E-state index in [9.17, 15) is 4.79 Å². The Labute approximate surface area is 123 Å². The number of hydrogen-bond donors (Lipinski definition) is 4. The Morgan fingerprint density at radius 2 is 2.05 bits per heavy atom. The molecule has 114 valence electrons. The van der Waals surface area contributed by atoms with E-state index in [1.54, 1.807) is 0 Å². The summed E-state index contributed by atoms with van der Waals surface area (Å²) in [7, 11) is 0. The first kappa shape index (κ1) is 16.7. The van der Waals surface area contributed by atoms with Crippen LogP contribution < -0.4 is 16.4 Å². The van der Waals surface area contributed by atoms with E-state index in [1.807, 2.05) is 20.8 Å². The van der Waals surface area contributed by atoms with Crippen LogP contribution in [0.15, 0.2) is 0 Å². The van der Waals surface area contributed by atoms with Crippen molar-refractivity contribution in [2.45, 2.75) is 45.6 Å². The van der Waals surface area contributed by atoms with Crippen molar-refractivity contribution >= 4 is 28.2 Å². The molecule has 0 unspecified atom stereocenters. The number of thiazole rings is 1. The largest absolute Gasteiger partial charge is 0.396 e. The van der Waals surface area contributed by atoms with Crippen LogP contribution in [0.25, 0.3) is 0 Å². The summed E-state index contributed by atoms with van der Waals surface area (Å²) in [6, 6.07) is 0. The first-order valence-corrected chi connectivity index (χ1v) is 7.58. The van der Waals surface area contributed by atoms with Gasteiger partial charge >= 0.3 is 0 Å². The second-order valence-electron chi connectivity index (χ2n) is 5.65. The summed E-state index contributed by atoms with van der Waals surface area (Å²) < 4.78 is 0. The predicted octanol–water partition coefficient (Wildman–Crippen LogP) is 1.83. The van der Waals surface area contributed by atoms with Gasteiger partial charge in [0.2, 0.25) is 0 Å². The van der Waals surface area contributed by atoms with Crippen LogP contribution in [0.5, 0.6) is 0 Å². The minimum absolute atomic E-state index is 0.123. The normalized spacial score (nSPS) is 11.4. The van der Waals surface area contributed by atoms with Crippen molar-refractivity contribution in [2.24, 2.45) is 0 Å². The molecule has 0 fully saturated rings. The number of nitrogens with zero attached hydrogens (tertiary/aromatic N) is 1. The number of nitrogens with one attached hydrogen (secondary N) is 2. The summed E-state index contributed by atoms with van der Waals surface area (Å²) in [4.78, 5) is 16.6. The highest BCUT2D eigenvalue weighted by Gasteiger charge is 2.18. The third kappa shape index (κ3) is 5.75. The summed E-state index contributed by atoms with van der Waals surface area (Å²) >= 11 is 1.26. The zero-order valence-corrected chi connectivity index (χ0v) is 13.1. The summed E-state index contributed by atoms with van der Waals surface area (Å²) in [6.45, 7) is 6.83. The first-order valence-electron chi connectivity index (χ1n) is 6.77. The molecule has 0 bridgehead atoms. The third-order valence-corrected chi connectivity index (χ3v) is 3.45. The molecule has 0 radical (unpaired) electrons. The maximum absolute atomic E-state index is 12.0. The first-order chi connectivity index (χ1) is 9.33. The smallest absolute Gasteiger partial charge is 0.265 e. The Balaban J connectivity index is 2.51. The quantitative estimate of drug-likeness (QED) is 0.576. The van der Waals surface area contributed by atoms with Gasteiger partial charge in [0.25, 0.3) is 5.91 Å². The fourth-order valence-corrected chi connectivity index (χ4v) is 2.57. The number of aliphatic hydroxyl groups is 1. The molecule has 5 N–H and O–H groups in total. The molecule has 0 spiro atoms. The lowest BCUT2D eigenvalue weighted by Gasteiger charge is -2.19. The van der Waals surface area contributed by atoms with Gasteiger partial charge in [-0.25, -0.2) is 4.98 Å². The Morgan fingerprint density at radius 3 is 2.65 bits per heavy atom. The molecule has 0 aliphatic rings. The molecule has 0 aliphatic heterocycles. The van der Waals surface area contributed by atoms with Crippen molar-refractivity contribution in [3.05, 3.63) is 4.88 Å². The lowest BCUT2D eigenvalue weighted by atomic mass is 10.1. The number of hydrogen-bond acceptors (Lipinski definition) is 6. The van der Waals surface area contributed by atoms with Gasteiger partial charge in [-0.1, -0.05) is 11.3 Å². The van der Waals surface area contributed by atoms with Crippen LogP contribution in [0.4, 0.5) is 10.9 Å². The van der Waals surface area contributed by atoms with Crippen molar-refractivity contribution in [2.75, 3.05) is 24.2 Å². The van der Waals surface area contributed by atoms with Gasteiger partial charge < -0.3 is 21.5 Å². The summed E-state index contributed by atoms with van der Waals surface area (Å²) in [6.07, 6.45) is 2.50. The number of carbonyl (C=O) groups is 1. The number of anilines is 2. The van der Waals surface area contributed by atoms with Crippen LogP contribution >= 0.6 is 11.3 Å². The van der Waals surface area contributed by atoms with E-state index in [0.29, 0.717) is 16.6 Å². The third-order valence-electron chi connectivity index (χ3n) is 2.46. The molecule has 0 saturated heterocycles. The summed E-state index contributed by atoms with van der Waals surface area (Å²) in [5.74, 6) is 0.0700. The Hall–Kier alpha value is -1.34. The van der Waals surface area contributed by atoms with Crippen LogP contribution in [-0.2, 0) is 0 Å². The highest BCUT2D eigenvalue weighted by Crippen LogP contribution is 2.27. The predicted molar refractivity (Wildman–Crippen MR) is 83.2 cm³/mol. The standard InChI is InChI=1S/C13H24N4O2S/c1-13(2,3)17-12-16-10(14)9(20-12)11(19)15-7-5-4-6-8-18/h18H,4-8,14H2,1-3H3,(H,15,19)(H,16,17). The van der Waals surface area contributed by atoms with E-state index in [1.165, 1.54) is 11.3 Å². The molecule has 0 aromatic carbocycles. The van der Waals surface area contributed by atoms with Crippen molar-refractivity contribution in [3.63, 3.8) is 0 Å². The minimum atomic E-state index is -0.189. The zero-order chi connectivity index (χ0) is 15.2. The fraction of sp³-hybridized carbons (Fsp3) is 0.692. The van der Waals surface area contributed by atoms with Crippen molar-refractivity contribution in [3.8, 4) is 0 Å². The molecular weight excluding hydrogens is 276 g/mol. The van der Waals surface area contributed by atoms with Crippen LogP contribution in [0.3, 0.4) is 0 Å². The molecule has 1 aromatic rings. The second kappa shape index (κ2) is 7.44. The molecule has 0 atom stereocenters. The lowest BCUT2D eigenvalue weighted by molar-refractivity contribution is 0.0957. The molecule has 20 heavy (non-hydrogen) atoms. The van der Waals surface area contributed by atoms with Crippen LogP contribution in [0.2, 0.25) is 0 Å². The number of aromatic nitrogens is 1. The van der Waals surface area contributed by atoms with Crippen LogP contribution in [-0.4, -0.2) is 34.7 Å². The topological polar surface area (TPSA) is 100 Å². The SMILES string of the molecule is CC(C)(C)Nc1nc(N)c(C(=O)NCCCCCO)s1. The van der Waals surface area contributed by atoms with E-state index in [2.05, 4.69) is 15.6 Å². The van der Waals surface area contributed by atoms with E-state index >= 15 is 0 Å². The number of aliphatic hydroxyl groups excluding tert-OH is 1. The summed E-state index contributed by atoms with van der Waals surface area (Å²) in [5.41, 5.74) is 5.66. The Bertz CT molecular complexity index is 440. The molecule has 1 aromatic heterocycles. The number of nitrogens with two attached hydrogens (primary N) is 1. The molecule has 1 heterocycles. The van der Waals surface area contributed by atoms with Gasteiger partial charge in [0.15, 0.2) is 5.13 Å². The highest BCUT2D eigenvalue weighted by molar-refractivity contribution is 7.18. The van der Waals surface area contributed by atoms with Crippen molar-refractivity contribution < 1.29 is 9.90 Å². The molecule has 6 nitrogen and oxygen atoms in total. The monoisotopic (exact) mass is 300 g/mol. The Kier molecular flexibility index (Phi) is 6.22. The lowest BCUT2D eigenvalue weighted by Crippen LogP contribution is -2.25. The molecule has 1 rings (SSSR count). The van der Waals surface area contributed by atoms with Gasteiger partial charge in [-0.05, 0) is 40.0 Å². The van der Waals surface area contributed by atoms with Gasteiger partial charge in [0.1, 0.15) is 10.7 Å². The van der Waals surface area contributed by atoms with Crippen LogP contribution in [0, 0.1) is 0 Å². The maximum atomic E-state index is 12.0. The number of amides is 1. The summed E-state index contributed by atoms with van der Waals surface area (Å²) in [5, 5.41) is 15.3. The van der Waals surface area contributed by atoms with Gasteiger partial charge in [0, 0.05) is 18.7 Å². The van der Waals surface area contributed by atoms with E-state index in [0.717, 1.165) is 19.3 Å². The molecule has 0 saturated carbocycles. The number of rotatable bonds is 7. The average molecular weight is 300 g/mol. The average Bonchev–Trinajstić information content (AvgIpc) is 2.67. The second-order valence-corrected chi connectivity index (χ2v) is 6.65. The van der Waals surface area contributed by atoms with E-state index < -0.39 is 0 Å². The van der Waals surface area contributed by atoms with Gasteiger partial charge in [0.05, 0.1) is 0 Å². The number of carbonyl (C=O) groups excluding carboxylic acids is 1. The fourth-order valence-electron chi connectivity index (χ4n) is 1.56. The van der Waals surface area contributed by atoms with Crippen molar-refractivity contribution in [1.82, 2.24) is 10.3 Å². The number of nitrogen functional groups attached to an aromatic ring is 1. The van der Waals surface area contributed by atoms with E-state index in [4.69, 9.17) is 10.8 Å². The minimum Gasteiger partial charge on any atom is -0.396 e. The molecule has 1 amide bonds. The molecule has 0 aliphatic carbocycles. The highest BCUT2D eigenvalue weighted by atomic mass is 32.1. The van der Waals surface area contributed by atoms with Crippen molar-refractivity contribution in [1.29, 1.82) is 0 Å². The molecule has 7 heteroatoms.